The van der Waals surface area contributed by atoms with Crippen LogP contribution in [0.25, 0.3) is 90.9 Å². The van der Waals surface area contributed by atoms with E-state index < -0.39 is 0 Å². The minimum absolute atomic E-state index is 0.0192. The molecule has 0 saturated heterocycles. The summed E-state index contributed by atoms with van der Waals surface area (Å²) in [5, 5.41) is 42.4. The lowest BCUT2D eigenvalue weighted by atomic mass is 10.0. The summed E-state index contributed by atoms with van der Waals surface area (Å²) < 4.78 is 22.1. The molecule has 0 radical (unpaired) electrons. The van der Waals surface area contributed by atoms with Crippen LogP contribution in [-0.2, 0) is 0 Å². The molecule has 5 heterocycles. The SMILES string of the molecule is COc1cc(-c2c3nc(c(-c4ccc(O)c(OC)c4)c4ccc([n-]4)c(-c4ccc(O)c(OC)c4)c4nc(c(-c5ccc(O)c(OC)c5)c5ccc2[n-]5)C=C4)C=C3)ccc1O. The van der Waals surface area contributed by atoms with Crippen LogP contribution in [0.15, 0.2) is 97.1 Å². The molecule has 8 bridgehead atoms. The Hall–Kier alpha value is -8.12. The van der Waals surface area contributed by atoms with Gasteiger partial charge in [0.25, 0.3) is 0 Å². The molecule has 2 aliphatic heterocycles. The summed E-state index contributed by atoms with van der Waals surface area (Å²) in [6.07, 6.45) is 7.60. The van der Waals surface area contributed by atoms with E-state index in [0.29, 0.717) is 89.4 Å². The van der Waals surface area contributed by atoms with Gasteiger partial charge in [-0.3, -0.25) is 0 Å². The largest absolute Gasteiger partial charge is 0.657 e. The van der Waals surface area contributed by atoms with Gasteiger partial charge >= 0.3 is 0 Å². The van der Waals surface area contributed by atoms with Gasteiger partial charge in [-0.1, -0.05) is 48.5 Å². The third kappa shape index (κ3) is 6.45. The molecule has 0 fully saturated rings. The number of methoxy groups -OCH3 is 4. The highest BCUT2D eigenvalue weighted by Crippen LogP contribution is 2.42. The van der Waals surface area contributed by atoms with Gasteiger partial charge in [-0.2, -0.15) is 0 Å². The summed E-state index contributed by atoms with van der Waals surface area (Å²) in [4.78, 5) is 20.9. The summed E-state index contributed by atoms with van der Waals surface area (Å²) in [6.45, 7) is 0. The summed E-state index contributed by atoms with van der Waals surface area (Å²) in [5.74, 6) is 1.03. The molecule has 0 aliphatic carbocycles. The fourth-order valence-electron chi connectivity index (χ4n) is 7.60. The number of hydrogen-bond donors (Lipinski definition) is 4. The molecule has 0 atom stereocenters. The lowest BCUT2D eigenvalue weighted by Gasteiger charge is -2.15. The lowest BCUT2D eigenvalue weighted by Crippen LogP contribution is -1.92. The van der Waals surface area contributed by atoms with Gasteiger partial charge < -0.3 is 49.3 Å². The van der Waals surface area contributed by atoms with Crippen LogP contribution in [-0.4, -0.2) is 58.8 Å². The molecule has 4 aromatic carbocycles. The first-order chi connectivity index (χ1) is 29.2. The molecule has 0 spiro atoms. The van der Waals surface area contributed by atoms with Crippen LogP contribution in [0.5, 0.6) is 46.0 Å². The van der Waals surface area contributed by atoms with Crippen LogP contribution in [0.2, 0.25) is 0 Å². The minimum Gasteiger partial charge on any atom is -0.657 e. The maximum atomic E-state index is 10.6. The van der Waals surface area contributed by atoms with Gasteiger partial charge in [0.15, 0.2) is 46.0 Å². The van der Waals surface area contributed by atoms with Gasteiger partial charge in [-0.05, 0) is 117 Å². The number of phenolic OH excluding ortho intramolecular Hbond substituents is 4. The molecule has 12 heteroatoms. The average Bonchev–Trinajstić information content (AvgIpc) is 4.11. The highest BCUT2D eigenvalue weighted by atomic mass is 16.5. The van der Waals surface area contributed by atoms with Crippen molar-refractivity contribution in [2.75, 3.05) is 28.4 Å². The number of ether oxygens (including phenoxy) is 4. The zero-order valence-corrected chi connectivity index (χ0v) is 32.8. The van der Waals surface area contributed by atoms with Crippen molar-refractivity contribution in [1.82, 2.24) is 19.9 Å². The van der Waals surface area contributed by atoms with Gasteiger partial charge in [0.1, 0.15) is 0 Å². The van der Waals surface area contributed by atoms with E-state index in [0.717, 1.165) is 0 Å². The molecule has 3 aromatic heterocycles. The van der Waals surface area contributed by atoms with E-state index in [2.05, 4.69) is 0 Å². The Bertz CT molecular complexity index is 2700. The molecule has 9 rings (SSSR count). The Balaban J connectivity index is 1.48. The lowest BCUT2D eigenvalue weighted by molar-refractivity contribution is 0.373. The maximum absolute atomic E-state index is 10.6. The van der Waals surface area contributed by atoms with E-state index in [4.69, 9.17) is 38.9 Å². The molecular formula is C48H36N4O8-2. The second-order valence-corrected chi connectivity index (χ2v) is 13.9. The molecule has 0 saturated carbocycles. The second kappa shape index (κ2) is 15.0. The minimum atomic E-state index is -0.0192. The summed E-state index contributed by atoms with van der Waals surface area (Å²) in [6, 6.07) is 28.0. The molecular weight excluding hydrogens is 761 g/mol. The van der Waals surface area contributed by atoms with Crippen LogP contribution in [0.1, 0.15) is 22.8 Å². The van der Waals surface area contributed by atoms with Gasteiger partial charge in [0.05, 0.1) is 51.2 Å². The van der Waals surface area contributed by atoms with Crippen molar-refractivity contribution in [1.29, 1.82) is 0 Å². The number of aromatic hydroxyl groups is 4. The second-order valence-electron chi connectivity index (χ2n) is 13.9. The number of rotatable bonds is 8. The quantitative estimate of drug-likeness (QED) is 0.115. The summed E-state index contributed by atoms with van der Waals surface area (Å²) in [7, 11) is 5.96. The van der Waals surface area contributed by atoms with Crippen molar-refractivity contribution in [2.45, 2.75) is 0 Å². The normalized spacial score (nSPS) is 11.8. The predicted octanol–water partition coefficient (Wildman–Crippen LogP) is 9.44. The molecule has 4 N–H and O–H groups in total. The number of benzene rings is 4. The highest BCUT2D eigenvalue weighted by molar-refractivity contribution is 6.00. The van der Waals surface area contributed by atoms with Crippen LogP contribution >= 0.6 is 0 Å². The van der Waals surface area contributed by atoms with Gasteiger partial charge in [-0.25, -0.2) is 9.97 Å². The zero-order valence-electron chi connectivity index (χ0n) is 32.8. The number of nitrogens with zero attached hydrogens (tertiary/aromatic N) is 4. The Morgan fingerprint density at radius 2 is 0.583 bits per heavy atom. The number of aromatic nitrogens is 4. The first-order valence-electron chi connectivity index (χ1n) is 18.7. The summed E-state index contributed by atoms with van der Waals surface area (Å²) in [5.41, 5.74) is 10.0. The standard InChI is InChI=1S/C48H36N4O8/c1-57-41-21-25(5-17-37(41)53)45-29-9-11-31(49-29)46(26-6-18-38(54)42(22-26)58-2)33-13-15-35(51-33)48(28-8-20-40(56)44(24-28)60-4)36-16-14-34(52-36)47(32-12-10-30(45)50-32)27-7-19-39(55)43(23-27)59-3/h5-24H,1-4H3,(H4-2,49,50,51,52,53,54,55,56)/q-2. The van der Waals surface area contributed by atoms with E-state index >= 15 is 0 Å². The van der Waals surface area contributed by atoms with Crippen molar-refractivity contribution in [2.24, 2.45) is 0 Å². The fourth-order valence-corrected chi connectivity index (χ4v) is 7.60. The summed E-state index contributed by atoms with van der Waals surface area (Å²) >= 11 is 0. The third-order valence-corrected chi connectivity index (χ3v) is 10.5. The maximum Gasteiger partial charge on any atom is 0.161 e. The number of phenols is 4. The number of hydrogen-bond acceptors (Lipinski definition) is 10. The van der Waals surface area contributed by atoms with Crippen molar-refractivity contribution >= 4 is 46.4 Å². The fraction of sp³-hybridized carbons (Fsp3) is 0.0833. The molecule has 12 nitrogen and oxygen atoms in total. The van der Waals surface area contributed by atoms with Crippen LogP contribution < -0.4 is 28.9 Å². The first kappa shape index (κ1) is 37.5. The Morgan fingerprint density at radius 3 is 0.800 bits per heavy atom. The molecule has 7 aromatic rings. The van der Waals surface area contributed by atoms with E-state index in [-0.39, 0.29) is 46.0 Å². The van der Waals surface area contributed by atoms with Gasteiger partial charge in [0.2, 0.25) is 0 Å². The number of fused-ring (bicyclic) bond motifs is 8. The monoisotopic (exact) mass is 796 g/mol. The average molecular weight is 797 g/mol. The van der Waals surface area contributed by atoms with Crippen molar-refractivity contribution < 1.29 is 39.4 Å². The molecule has 0 amide bonds. The predicted molar refractivity (Wildman–Crippen MR) is 231 cm³/mol. The van der Waals surface area contributed by atoms with E-state index in [1.54, 1.807) is 72.8 Å². The van der Waals surface area contributed by atoms with Crippen LogP contribution in [0, 0.1) is 0 Å². The smallest absolute Gasteiger partial charge is 0.161 e. The van der Waals surface area contributed by atoms with Crippen molar-refractivity contribution in [3.8, 4) is 90.5 Å². The zero-order chi connectivity index (χ0) is 41.7. The first-order valence-corrected chi connectivity index (χ1v) is 18.7. The molecule has 0 unspecified atom stereocenters. The Morgan fingerprint density at radius 1 is 0.350 bits per heavy atom. The molecule has 2 aliphatic rings. The molecule has 60 heavy (non-hydrogen) atoms. The third-order valence-electron chi connectivity index (χ3n) is 10.5. The van der Waals surface area contributed by atoms with E-state index in [1.165, 1.54) is 28.4 Å². The van der Waals surface area contributed by atoms with Crippen molar-refractivity contribution in [3.63, 3.8) is 0 Å². The van der Waals surface area contributed by atoms with E-state index in [9.17, 15) is 20.4 Å². The van der Waals surface area contributed by atoms with Gasteiger partial charge in [0, 0.05) is 0 Å². The van der Waals surface area contributed by atoms with E-state index in [1.807, 2.05) is 48.6 Å². The van der Waals surface area contributed by atoms with Crippen LogP contribution in [0.4, 0.5) is 0 Å². The molecule has 298 valence electrons. The highest BCUT2D eigenvalue weighted by Gasteiger charge is 2.18. The Kier molecular flexibility index (Phi) is 9.36. The van der Waals surface area contributed by atoms with Crippen LogP contribution in [0.3, 0.4) is 0 Å². The van der Waals surface area contributed by atoms with Crippen molar-refractivity contribution in [3.05, 3.63) is 120 Å². The topological polar surface area (TPSA) is 172 Å². The van der Waals surface area contributed by atoms with Gasteiger partial charge in [-0.15, -0.1) is 22.1 Å². The Labute approximate surface area is 343 Å².